The van der Waals surface area contributed by atoms with Gasteiger partial charge in [0.15, 0.2) is 0 Å². The van der Waals surface area contributed by atoms with E-state index < -0.39 is 0 Å². The number of aromatic nitrogens is 1. The van der Waals surface area contributed by atoms with Crippen LogP contribution in [0.15, 0.2) is 42.6 Å². The Bertz CT molecular complexity index is 773. The van der Waals surface area contributed by atoms with Crippen LogP contribution in [0.3, 0.4) is 0 Å². The Morgan fingerprint density at radius 3 is 2.45 bits per heavy atom. The maximum absolute atomic E-state index is 12.1. The predicted molar refractivity (Wildman–Crippen MR) is 117 cm³/mol. The van der Waals surface area contributed by atoms with Crippen LogP contribution in [-0.2, 0) is 16.8 Å². The molecular weight excluding hydrogens is 362 g/mol. The number of hydrogen-bond acceptors (Lipinski definition) is 4. The van der Waals surface area contributed by atoms with Crippen molar-refractivity contribution < 1.29 is 9.53 Å². The van der Waals surface area contributed by atoms with Gasteiger partial charge in [-0.05, 0) is 54.0 Å². The van der Waals surface area contributed by atoms with Gasteiger partial charge >= 0.3 is 0 Å². The van der Waals surface area contributed by atoms with Gasteiger partial charge in [0.2, 0.25) is 5.91 Å². The summed E-state index contributed by atoms with van der Waals surface area (Å²) < 4.78 is 5.75. The number of anilines is 1. The third kappa shape index (κ3) is 6.48. The zero-order valence-corrected chi connectivity index (χ0v) is 17.9. The highest BCUT2D eigenvalue weighted by Crippen LogP contribution is 2.24. The number of amides is 1. The van der Waals surface area contributed by atoms with Crippen molar-refractivity contribution in [2.45, 2.75) is 58.4 Å². The Morgan fingerprint density at radius 2 is 1.83 bits per heavy atom. The first-order valence-electron chi connectivity index (χ1n) is 10.6. The maximum Gasteiger partial charge on any atom is 0.220 e. The molecule has 0 radical (unpaired) electrons. The number of pyridine rings is 1. The van der Waals surface area contributed by atoms with Crippen LogP contribution in [0.25, 0.3) is 0 Å². The van der Waals surface area contributed by atoms with Crippen LogP contribution < -0.4 is 15.0 Å². The number of carbonyl (C=O) groups is 1. The van der Waals surface area contributed by atoms with Gasteiger partial charge in [-0.15, -0.1) is 0 Å². The number of carbonyl (C=O) groups excluding carboxylic acids is 1. The Hall–Kier alpha value is -2.56. The molecule has 0 spiro atoms. The van der Waals surface area contributed by atoms with E-state index in [0.717, 1.165) is 30.2 Å². The fraction of sp³-hybridized carbons (Fsp3) is 0.500. The average molecular weight is 396 g/mol. The minimum absolute atomic E-state index is 0.0419. The van der Waals surface area contributed by atoms with E-state index in [4.69, 9.17) is 4.74 Å². The minimum Gasteiger partial charge on any atom is -0.494 e. The molecule has 1 N–H and O–H groups in total. The highest BCUT2D eigenvalue weighted by atomic mass is 16.5. The van der Waals surface area contributed by atoms with Crippen LogP contribution in [0.1, 0.15) is 57.6 Å². The first-order chi connectivity index (χ1) is 13.9. The molecule has 5 nitrogen and oxygen atoms in total. The summed E-state index contributed by atoms with van der Waals surface area (Å²) in [5, 5.41) is 2.96. The van der Waals surface area contributed by atoms with Crippen molar-refractivity contribution in [3.05, 3.63) is 53.7 Å². The molecule has 1 aromatic carbocycles. The quantitative estimate of drug-likeness (QED) is 0.671. The lowest BCUT2D eigenvalue weighted by Gasteiger charge is -2.19. The van der Waals surface area contributed by atoms with Gasteiger partial charge in [-0.25, -0.2) is 4.98 Å². The Morgan fingerprint density at radius 1 is 1.10 bits per heavy atom. The molecular formula is C24H33N3O2. The van der Waals surface area contributed by atoms with E-state index in [0.29, 0.717) is 26.0 Å². The largest absolute Gasteiger partial charge is 0.494 e. The van der Waals surface area contributed by atoms with Gasteiger partial charge in [-0.2, -0.15) is 0 Å². The summed E-state index contributed by atoms with van der Waals surface area (Å²) in [5.74, 6) is 1.92. The number of benzene rings is 1. The minimum atomic E-state index is 0.0419. The Labute approximate surface area is 174 Å². The van der Waals surface area contributed by atoms with Crippen LogP contribution in [0.5, 0.6) is 5.75 Å². The summed E-state index contributed by atoms with van der Waals surface area (Å²) >= 11 is 0. The lowest BCUT2D eigenvalue weighted by Crippen LogP contribution is -2.23. The molecule has 156 valence electrons. The average Bonchev–Trinajstić information content (AvgIpc) is 3.25. The Balaban J connectivity index is 1.33. The molecule has 1 saturated heterocycles. The van der Waals surface area contributed by atoms with Crippen LogP contribution >= 0.6 is 0 Å². The smallest absolute Gasteiger partial charge is 0.220 e. The van der Waals surface area contributed by atoms with Crippen LogP contribution in [0.4, 0.5) is 5.82 Å². The number of nitrogens with one attached hydrogen (secondary N) is 1. The van der Waals surface area contributed by atoms with E-state index >= 15 is 0 Å². The van der Waals surface area contributed by atoms with Gasteiger partial charge in [0.25, 0.3) is 0 Å². The number of hydrogen-bond donors (Lipinski definition) is 1. The van der Waals surface area contributed by atoms with Crippen molar-refractivity contribution in [1.29, 1.82) is 0 Å². The lowest BCUT2D eigenvalue weighted by atomic mass is 9.87. The second-order valence-corrected chi connectivity index (χ2v) is 8.72. The van der Waals surface area contributed by atoms with Gasteiger partial charge in [0.1, 0.15) is 11.6 Å². The molecule has 1 aromatic heterocycles. The Kier molecular flexibility index (Phi) is 7.13. The zero-order chi connectivity index (χ0) is 20.7. The molecule has 2 heterocycles. The molecule has 0 aliphatic carbocycles. The molecule has 3 rings (SSSR count). The molecule has 0 bridgehead atoms. The van der Waals surface area contributed by atoms with Gasteiger partial charge in [-0.1, -0.05) is 39.0 Å². The summed E-state index contributed by atoms with van der Waals surface area (Å²) in [6.07, 6.45) is 5.49. The summed E-state index contributed by atoms with van der Waals surface area (Å²) in [5.41, 5.74) is 2.45. The van der Waals surface area contributed by atoms with Crippen LogP contribution in [0, 0.1) is 0 Å². The molecule has 5 heteroatoms. The van der Waals surface area contributed by atoms with E-state index in [1.807, 2.05) is 30.5 Å². The van der Waals surface area contributed by atoms with Crippen molar-refractivity contribution in [3.63, 3.8) is 0 Å². The third-order valence-electron chi connectivity index (χ3n) is 5.27. The first-order valence-corrected chi connectivity index (χ1v) is 10.6. The highest BCUT2D eigenvalue weighted by molar-refractivity contribution is 5.75. The molecule has 0 unspecified atom stereocenters. The molecule has 1 aliphatic rings. The van der Waals surface area contributed by atoms with E-state index in [2.05, 4.69) is 48.1 Å². The molecule has 29 heavy (non-hydrogen) atoms. The van der Waals surface area contributed by atoms with Crippen molar-refractivity contribution >= 4 is 11.7 Å². The van der Waals surface area contributed by atoms with Crippen molar-refractivity contribution in [2.24, 2.45) is 0 Å². The number of ether oxygens (including phenoxy) is 1. The summed E-state index contributed by atoms with van der Waals surface area (Å²) in [6, 6.07) is 12.3. The standard InChI is InChI=1S/C24H33N3O2/c1-24(2,3)20-9-11-21(12-10-20)29-16-6-7-23(28)26-18-19-8-13-22(25-17-19)27-14-4-5-15-27/h8-13,17H,4-7,14-16,18H2,1-3H3,(H,26,28). The van der Waals surface area contributed by atoms with Crippen molar-refractivity contribution in [1.82, 2.24) is 10.3 Å². The van der Waals surface area contributed by atoms with Gasteiger partial charge in [0, 0.05) is 32.3 Å². The van der Waals surface area contributed by atoms with Crippen LogP contribution in [-0.4, -0.2) is 30.6 Å². The number of nitrogens with zero attached hydrogens (tertiary/aromatic N) is 2. The summed E-state index contributed by atoms with van der Waals surface area (Å²) in [7, 11) is 0. The van der Waals surface area contributed by atoms with E-state index in [1.165, 1.54) is 18.4 Å². The summed E-state index contributed by atoms with van der Waals surface area (Å²) in [6.45, 7) is 9.81. The zero-order valence-electron chi connectivity index (χ0n) is 17.9. The highest BCUT2D eigenvalue weighted by Gasteiger charge is 2.14. The van der Waals surface area contributed by atoms with E-state index in [1.54, 1.807) is 0 Å². The second kappa shape index (κ2) is 9.77. The fourth-order valence-electron chi connectivity index (χ4n) is 3.42. The third-order valence-corrected chi connectivity index (χ3v) is 5.27. The molecule has 1 amide bonds. The lowest BCUT2D eigenvalue weighted by molar-refractivity contribution is -0.121. The molecule has 0 atom stereocenters. The maximum atomic E-state index is 12.1. The molecule has 1 fully saturated rings. The van der Waals surface area contributed by atoms with Gasteiger partial charge in [-0.3, -0.25) is 4.79 Å². The number of rotatable bonds is 8. The molecule has 0 saturated carbocycles. The molecule has 2 aromatic rings. The van der Waals surface area contributed by atoms with Crippen molar-refractivity contribution in [3.8, 4) is 5.75 Å². The van der Waals surface area contributed by atoms with Gasteiger partial charge < -0.3 is 15.0 Å². The van der Waals surface area contributed by atoms with E-state index in [-0.39, 0.29) is 11.3 Å². The normalized spacial score (nSPS) is 14.1. The second-order valence-electron chi connectivity index (χ2n) is 8.72. The first kappa shape index (κ1) is 21.2. The monoisotopic (exact) mass is 395 g/mol. The topological polar surface area (TPSA) is 54.5 Å². The predicted octanol–water partition coefficient (Wildman–Crippen LogP) is 4.45. The molecule has 1 aliphatic heterocycles. The van der Waals surface area contributed by atoms with Crippen molar-refractivity contribution in [2.75, 3.05) is 24.6 Å². The fourth-order valence-corrected chi connectivity index (χ4v) is 3.42. The summed E-state index contributed by atoms with van der Waals surface area (Å²) in [4.78, 5) is 18.9. The SMILES string of the molecule is CC(C)(C)c1ccc(OCCCC(=O)NCc2ccc(N3CCCC3)nc2)cc1. The van der Waals surface area contributed by atoms with Gasteiger partial charge in [0.05, 0.1) is 6.61 Å². The van der Waals surface area contributed by atoms with Crippen LogP contribution in [0.2, 0.25) is 0 Å². The van der Waals surface area contributed by atoms with E-state index in [9.17, 15) is 4.79 Å².